The lowest BCUT2D eigenvalue weighted by Crippen LogP contribution is -2.39. The number of hydrogen-bond acceptors (Lipinski definition) is 3. The summed E-state index contributed by atoms with van der Waals surface area (Å²) in [6, 6.07) is 18.3. The molecule has 2 aromatic carbocycles. The van der Waals surface area contributed by atoms with Crippen molar-refractivity contribution in [3.63, 3.8) is 0 Å². The van der Waals surface area contributed by atoms with Gasteiger partial charge in [0.1, 0.15) is 6.04 Å². The summed E-state index contributed by atoms with van der Waals surface area (Å²) in [5, 5.41) is 3.12. The molecule has 1 saturated heterocycles. The monoisotopic (exact) mass is 340 g/mol. The summed E-state index contributed by atoms with van der Waals surface area (Å²) in [6.07, 6.45) is 4.41. The Morgan fingerprint density at radius 3 is 2.38 bits per heavy atom. The van der Waals surface area contributed by atoms with Gasteiger partial charge in [0.25, 0.3) is 0 Å². The molecule has 1 atom stereocenters. The fraction of sp³-hybridized carbons (Fsp3) is 0.350. The molecule has 2 aromatic rings. The molecule has 0 radical (unpaired) electrons. The van der Waals surface area contributed by atoms with Crippen molar-refractivity contribution in [2.45, 2.75) is 30.3 Å². The maximum atomic E-state index is 12.9. The molecule has 1 unspecified atom stereocenters. The third-order valence-electron chi connectivity index (χ3n) is 4.50. The summed E-state index contributed by atoms with van der Waals surface area (Å²) in [7, 11) is 0. The van der Waals surface area contributed by atoms with Crippen molar-refractivity contribution in [3.05, 3.63) is 65.7 Å². The average Bonchev–Trinajstić information content (AvgIpc) is 3.15. The molecule has 1 aliphatic rings. The molecule has 3 nitrogen and oxygen atoms in total. The maximum Gasteiger partial charge on any atom is 0.242 e. The van der Waals surface area contributed by atoms with Crippen molar-refractivity contribution in [1.82, 2.24) is 10.2 Å². The Bertz CT molecular complexity index is 651. The molecule has 0 spiro atoms. The molecular weight excluding hydrogens is 316 g/mol. The summed E-state index contributed by atoms with van der Waals surface area (Å²) in [4.78, 5) is 16.4. The summed E-state index contributed by atoms with van der Waals surface area (Å²) in [6.45, 7) is 2.56. The van der Waals surface area contributed by atoms with Crippen LogP contribution in [0.4, 0.5) is 0 Å². The first kappa shape index (κ1) is 17.1. The smallest absolute Gasteiger partial charge is 0.242 e. The van der Waals surface area contributed by atoms with E-state index in [4.69, 9.17) is 0 Å². The highest BCUT2D eigenvalue weighted by atomic mass is 32.2. The molecule has 0 aromatic heterocycles. The minimum Gasteiger partial charge on any atom is -0.350 e. The molecule has 1 heterocycles. The first-order valence-corrected chi connectivity index (χ1v) is 9.70. The normalized spacial score (nSPS) is 16.0. The lowest BCUT2D eigenvalue weighted by molar-refractivity contribution is -0.126. The Labute approximate surface area is 148 Å². The number of nitrogens with one attached hydrogen (secondary N) is 1. The van der Waals surface area contributed by atoms with Crippen LogP contribution in [0.25, 0.3) is 0 Å². The van der Waals surface area contributed by atoms with Gasteiger partial charge in [0.05, 0.1) is 0 Å². The molecule has 126 valence electrons. The van der Waals surface area contributed by atoms with E-state index in [-0.39, 0.29) is 11.9 Å². The van der Waals surface area contributed by atoms with E-state index in [1.807, 2.05) is 18.2 Å². The number of amides is 1. The predicted octanol–water partition coefficient (Wildman–Crippen LogP) is 3.86. The maximum absolute atomic E-state index is 12.9. The molecule has 3 rings (SSSR count). The van der Waals surface area contributed by atoms with Crippen LogP contribution < -0.4 is 5.32 Å². The van der Waals surface area contributed by atoms with E-state index in [0.29, 0.717) is 6.54 Å². The third kappa shape index (κ3) is 4.19. The van der Waals surface area contributed by atoms with Crippen molar-refractivity contribution < 1.29 is 4.79 Å². The van der Waals surface area contributed by atoms with E-state index in [0.717, 1.165) is 24.2 Å². The van der Waals surface area contributed by atoms with Crippen LogP contribution in [0.1, 0.15) is 30.0 Å². The number of rotatable bonds is 6. The zero-order chi connectivity index (χ0) is 16.8. The Morgan fingerprint density at radius 2 is 1.75 bits per heavy atom. The van der Waals surface area contributed by atoms with Crippen LogP contribution in [0.5, 0.6) is 0 Å². The Balaban J connectivity index is 1.69. The molecule has 24 heavy (non-hydrogen) atoms. The van der Waals surface area contributed by atoms with Gasteiger partial charge in [-0.05, 0) is 55.4 Å². The topological polar surface area (TPSA) is 32.3 Å². The van der Waals surface area contributed by atoms with Crippen molar-refractivity contribution in [1.29, 1.82) is 0 Å². The number of likely N-dealkylation sites (tertiary alicyclic amines) is 1. The lowest BCUT2D eigenvalue weighted by Gasteiger charge is -2.27. The van der Waals surface area contributed by atoms with Gasteiger partial charge < -0.3 is 5.32 Å². The SMILES string of the molecule is CSc1ccc(CNC(=O)C(c2ccccc2)N2CCCC2)cc1. The minimum atomic E-state index is -0.181. The van der Waals surface area contributed by atoms with E-state index in [2.05, 4.69) is 52.9 Å². The summed E-state index contributed by atoms with van der Waals surface area (Å²) >= 11 is 1.73. The van der Waals surface area contributed by atoms with Crippen LogP contribution in [0.15, 0.2) is 59.5 Å². The second-order valence-electron chi connectivity index (χ2n) is 6.12. The van der Waals surface area contributed by atoms with Gasteiger partial charge in [0.15, 0.2) is 0 Å². The molecular formula is C20H24N2OS. The Hall–Kier alpha value is -1.78. The summed E-state index contributed by atoms with van der Waals surface area (Å²) < 4.78 is 0. The lowest BCUT2D eigenvalue weighted by atomic mass is 10.0. The number of carbonyl (C=O) groups is 1. The Kier molecular flexibility index (Phi) is 5.94. The quantitative estimate of drug-likeness (QED) is 0.811. The summed E-state index contributed by atoms with van der Waals surface area (Å²) in [5.41, 5.74) is 2.21. The highest BCUT2D eigenvalue weighted by Crippen LogP contribution is 2.25. The molecule has 0 aliphatic carbocycles. The van der Waals surface area contributed by atoms with Crippen LogP contribution in [0.3, 0.4) is 0 Å². The van der Waals surface area contributed by atoms with Gasteiger partial charge in [-0.3, -0.25) is 9.69 Å². The number of carbonyl (C=O) groups excluding carboxylic acids is 1. The highest BCUT2D eigenvalue weighted by molar-refractivity contribution is 7.98. The van der Waals surface area contributed by atoms with Gasteiger partial charge >= 0.3 is 0 Å². The van der Waals surface area contributed by atoms with Crippen LogP contribution in [0, 0.1) is 0 Å². The van der Waals surface area contributed by atoms with E-state index >= 15 is 0 Å². The van der Waals surface area contributed by atoms with Gasteiger partial charge in [0, 0.05) is 11.4 Å². The number of benzene rings is 2. The van der Waals surface area contributed by atoms with Gasteiger partial charge in [-0.15, -0.1) is 11.8 Å². The predicted molar refractivity (Wildman–Crippen MR) is 100 cm³/mol. The van der Waals surface area contributed by atoms with E-state index in [9.17, 15) is 4.79 Å². The molecule has 4 heteroatoms. The van der Waals surface area contributed by atoms with E-state index in [1.165, 1.54) is 17.7 Å². The molecule has 0 bridgehead atoms. The van der Waals surface area contributed by atoms with Crippen molar-refractivity contribution in [2.24, 2.45) is 0 Å². The Morgan fingerprint density at radius 1 is 1.08 bits per heavy atom. The van der Waals surface area contributed by atoms with Gasteiger partial charge in [-0.2, -0.15) is 0 Å². The second kappa shape index (κ2) is 8.36. The molecule has 1 N–H and O–H groups in total. The average molecular weight is 340 g/mol. The number of nitrogens with zero attached hydrogens (tertiary/aromatic N) is 1. The summed E-state index contributed by atoms with van der Waals surface area (Å²) in [5.74, 6) is 0.0945. The zero-order valence-electron chi connectivity index (χ0n) is 14.1. The molecule has 1 aliphatic heterocycles. The molecule has 1 fully saturated rings. The highest BCUT2D eigenvalue weighted by Gasteiger charge is 2.29. The van der Waals surface area contributed by atoms with Crippen molar-refractivity contribution in [2.75, 3.05) is 19.3 Å². The largest absolute Gasteiger partial charge is 0.350 e. The molecule has 0 saturated carbocycles. The van der Waals surface area contributed by atoms with Gasteiger partial charge in [-0.1, -0.05) is 42.5 Å². The van der Waals surface area contributed by atoms with Crippen LogP contribution in [-0.2, 0) is 11.3 Å². The third-order valence-corrected chi connectivity index (χ3v) is 5.24. The van der Waals surface area contributed by atoms with Crippen LogP contribution in [-0.4, -0.2) is 30.2 Å². The van der Waals surface area contributed by atoms with E-state index in [1.54, 1.807) is 11.8 Å². The van der Waals surface area contributed by atoms with Gasteiger partial charge in [0.2, 0.25) is 5.91 Å². The van der Waals surface area contributed by atoms with Crippen LogP contribution in [0.2, 0.25) is 0 Å². The first-order valence-electron chi connectivity index (χ1n) is 8.47. The fourth-order valence-corrected chi connectivity index (χ4v) is 3.60. The van der Waals surface area contributed by atoms with Gasteiger partial charge in [-0.25, -0.2) is 0 Å². The number of thioether (sulfide) groups is 1. The van der Waals surface area contributed by atoms with Crippen molar-refractivity contribution in [3.8, 4) is 0 Å². The second-order valence-corrected chi connectivity index (χ2v) is 7.00. The number of hydrogen-bond donors (Lipinski definition) is 1. The standard InChI is InChI=1S/C20H24N2OS/c1-24-18-11-9-16(10-12-18)15-21-20(23)19(22-13-5-6-14-22)17-7-3-2-4-8-17/h2-4,7-12,19H,5-6,13-15H2,1H3,(H,21,23). The molecule has 1 amide bonds. The van der Waals surface area contributed by atoms with E-state index < -0.39 is 0 Å². The van der Waals surface area contributed by atoms with Crippen LogP contribution >= 0.6 is 11.8 Å². The fourth-order valence-electron chi connectivity index (χ4n) is 3.19. The zero-order valence-corrected chi connectivity index (χ0v) is 14.9. The van der Waals surface area contributed by atoms with Crippen molar-refractivity contribution >= 4 is 17.7 Å². The first-order chi connectivity index (χ1) is 11.8. The minimum absolute atomic E-state index is 0.0945.